The lowest BCUT2D eigenvalue weighted by molar-refractivity contribution is -0.131. The minimum atomic E-state index is -0.968. The second-order valence-electron chi connectivity index (χ2n) is 5.79. The monoisotopic (exact) mass is 281 g/mol. The van der Waals surface area contributed by atoms with Crippen LogP contribution in [0.3, 0.4) is 0 Å². The van der Waals surface area contributed by atoms with Gasteiger partial charge in [-0.1, -0.05) is 32.4 Å². The van der Waals surface area contributed by atoms with Crippen molar-refractivity contribution in [3.63, 3.8) is 0 Å². The second kappa shape index (κ2) is 6.11. The molecule has 0 aliphatic rings. The van der Waals surface area contributed by atoms with Crippen LogP contribution in [0.15, 0.2) is 24.3 Å². The van der Waals surface area contributed by atoms with Crippen molar-refractivity contribution in [2.24, 2.45) is 5.41 Å². The number of aliphatic carboxylic acids is 1. The zero-order valence-corrected chi connectivity index (χ0v) is 12.5. The predicted octanol–water partition coefficient (Wildman–Crippen LogP) is 3.92. The van der Waals surface area contributed by atoms with Gasteiger partial charge in [0.2, 0.25) is 0 Å². The highest BCUT2D eigenvalue weighted by Gasteiger charge is 2.15. The summed E-state index contributed by atoms with van der Waals surface area (Å²) in [6.07, 6.45) is 2.70. The Morgan fingerprint density at radius 1 is 1.42 bits per heavy atom. The highest BCUT2D eigenvalue weighted by molar-refractivity contribution is 6.30. The van der Waals surface area contributed by atoms with E-state index in [2.05, 4.69) is 25.7 Å². The fraction of sp³-hybridized carbons (Fsp3) is 0.400. The Morgan fingerprint density at radius 2 is 2.05 bits per heavy atom. The molecule has 3 nitrogen and oxygen atoms in total. The molecule has 0 saturated heterocycles. The molecular weight excluding hydrogens is 262 g/mol. The first kappa shape index (κ1) is 15.6. The summed E-state index contributed by atoms with van der Waals surface area (Å²) in [4.78, 5) is 12.7. The second-order valence-corrected chi connectivity index (χ2v) is 6.23. The standard InChI is InChI=1S/C15H20ClNO2/c1-15(2,3)10-17(4)13-7-6-12(16)9-11(13)5-8-14(18)19/h5-9H,10H2,1-4H3,(H,18,19)/b8-5+. The van der Waals surface area contributed by atoms with Crippen molar-refractivity contribution in [1.82, 2.24) is 0 Å². The summed E-state index contributed by atoms with van der Waals surface area (Å²) >= 11 is 5.97. The molecule has 1 N–H and O–H groups in total. The molecule has 0 unspecified atom stereocenters. The normalized spacial score (nSPS) is 11.8. The van der Waals surface area contributed by atoms with Crippen LogP contribution >= 0.6 is 11.6 Å². The lowest BCUT2D eigenvalue weighted by atomic mass is 9.95. The van der Waals surface area contributed by atoms with Crippen LogP contribution in [-0.4, -0.2) is 24.7 Å². The fourth-order valence-electron chi connectivity index (χ4n) is 1.96. The topological polar surface area (TPSA) is 40.5 Å². The van der Waals surface area contributed by atoms with Gasteiger partial charge in [0.25, 0.3) is 0 Å². The molecule has 0 saturated carbocycles. The average molecular weight is 282 g/mol. The number of anilines is 1. The van der Waals surface area contributed by atoms with Crippen molar-refractivity contribution in [1.29, 1.82) is 0 Å². The van der Waals surface area contributed by atoms with Crippen LogP contribution in [0.1, 0.15) is 26.3 Å². The number of hydrogen-bond acceptors (Lipinski definition) is 2. The van der Waals surface area contributed by atoms with E-state index in [1.165, 1.54) is 0 Å². The molecule has 0 radical (unpaired) electrons. The average Bonchev–Trinajstić information content (AvgIpc) is 2.23. The summed E-state index contributed by atoms with van der Waals surface area (Å²) in [6, 6.07) is 5.50. The van der Waals surface area contributed by atoms with Gasteiger partial charge in [0.15, 0.2) is 0 Å². The number of carboxylic acids is 1. The van der Waals surface area contributed by atoms with Gasteiger partial charge >= 0.3 is 5.97 Å². The summed E-state index contributed by atoms with van der Waals surface area (Å²) in [7, 11) is 1.99. The highest BCUT2D eigenvalue weighted by atomic mass is 35.5. The van der Waals surface area contributed by atoms with Crippen molar-refractivity contribution < 1.29 is 9.90 Å². The molecule has 0 spiro atoms. The highest BCUT2D eigenvalue weighted by Crippen LogP contribution is 2.27. The Balaban J connectivity index is 3.09. The number of rotatable bonds is 4. The number of nitrogens with zero attached hydrogens (tertiary/aromatic N) is 1. The molecule has 0 fully saturated rings. The lowest BCUT2D eigenvalue weighted by Crippen LogP contribution is -2.29. The zero-order chi connectivity index (χ0) is 14.6. The molecule has 0 amide bonds. The fourth-order valence-corrected chi connectivity index (χ4v) is 2.14. The molecule has 104 valence electrons. The van der Waals surface area contributed by atoms with E-state index in [1.54, 1.807) is 12.1 Å². The maximum absolute atomic E-state index is 10.6. The van der Waals surface area contributed by atoms with Crippen molar-refractivity contribution in [2.45, 2.75) is 20.8 Å². The Hall–Kier alpha value is -1.48. The van der Waals surface area contributed by atoms with E-state index >= 15 is 0 Å². The van der Waals surface area contributed by atoms with Gasteiger partial charge in [-0.25, -0.2) is 4.79 Å². The first-order chi connectivity index (χ1) is 8.69. The minimum Gasteiger partial charge on any atom is -0.478 e. The van der Waals surface area contributed by atoms with Crippen LogP contribution in [-0.2, 0) is 4.79 Å². The molecule has 0 aliphatic carbocycles. The predicted molar refractivity (Wildman–Crippen MR) is 80.8 cm³/mol. The SMILES string of the molecule is CN(CC(C)(C)C)c1ccc(Cl)cc1/C=C/C(=O)O. The molecule has 19 heavy (non-hydrogen) atoms. The van der Waals surface area contributed by atoms with Gasteiger partial charge in [-0.3, -0.25) is 0 Å². The van der Waals surface area contributed by atoms with Crippen molar-refractivity contribution in [2.75, 3.05) is 18.5 Å². The molecular formula is C15H20ClNO2. The van der Waals surface area contributed by atoms with Crippen molar-refractivity contribution >= 4 is 29.3 Å². The van der Waals surface area contributed by atoms with Gasteiger partial charge in [0, 0.05) is 30.4 Å². The van der Waals surface area contributed by atoms with E-state index in [0.717, 1.165) is 23.9 Å². The van der Waals surface area contributed by atoms with Crippen molar-refractivity contribution in [3.8, 4) is 0 Å². The summed E-state index contributed by atoms with van der Waals surface area (Å²) in [6.45, 7) is 7.34. The Labute approximate surface area is 119 Å². The third kappa shape index (κ3) is 5.35. The molecule has 0 aliphatic heterocycles. The molecule has 1 aromatic carbocycles. The number of benzene rings is 1. The third-order valence-corrected chi connectivity index (χ3v) is 2.75. The Morgan fingerprint density at radius 3 is 2.58 bits per heavy atom. The van der Waals surface area contributed by atoms with Crippen LogP contribution in [0.5, 0.6) is 0 Å². The number of carboxylic acid groups (broad SMARTS) is 1. The van der Waals surface area contributed by atoms with E-state index in [4.69, 9.17) is 16.7 Å². The van der Waals surface area contributed by atoms with Crippen LogP contribution in [0.2, 0.25) is 5.02 Å². The maximum atomic E-state index is 10.6. The Bertz CT molecular complexity index is 489. The van der Waals surface area contributed by atoms with E-state index in [0.29, 0.717) is 5.02 Å². The quantitative estimate of drug-likeness (QED) is 0.851. The molecule has 0 heterocycles. The molecule has 0 aromatic heterocycles. The van der Waals surface area contributed by atoms with E-state index < -0.39 is 5.97 Å². The van der Waals surface area contributed by atoms with Crippen molar-refractivity contribution in [3.05, 3.63) is 34.9 Å². The first-order valence-electron chi connectivity index (χ1n) is 6.11. The summed E-state index contributed by atoms with van der Waals surface area (Å²) in [5.41, 5.74) is 1.93. The van der Waals surface area contributed by atoms with Gasteiger partial charge in [0.05, 0.1) is 0 Å². The molecule has 1 aromatic rings. The Kier molecular flexibility index (Phi) is 5.01. The number of halogens is 1. The van der Waals surface area contributed by atoms with Gasteiger partial charge < -0.3 is 10.0 Å². The van der Waals surface area contributed by atoms with Gasteiger partial charge in [0.1, 0.15) is 0 Å². The maximum Gasteiger partial charge on any atom is 0.328 e. The minimum absolute atomic E-state index is 0.155. The van der Waals surface area contributed by atoms with E-state index in [-0.39, 0.29) is 5.41 Å². The summed E-state index contributed by atoms with van der Waals surface area (Å²) in [5.74, 6) is -0.968. The van der Waals surface area contributed by atoms with Crippen LogP contribution in [0.4, 0.5) is 5.69 Å². The first-order valence-corrected chi connectivity index (χ1v) is 6.48. The number of carbonyl (C=O) groups is 1. The third-order valence-electron chi connectivity index (χ3n) is 2.52. The van der Waals surface area contributed by atoms with E-state index in [9.17, 15) is 4.79 Å². The summed E-state index contributed by atoms with van der Waals surface area (Å²) in [5, 5.41) is 9.32. The van der Waals surface area contributed by atoms with Gasteiger partial charge in [-0.2, -0.15) is 0 Å². The van der Waals surface area contributed by atoms with E-state index in [1.807, 2.05) is 19.2 Å². The zero-order valence-electron chi connectivity index (χ0n) is 11.8. The lowest BCUT2D eigenvalue weighted by Gasteiger charge is -2.29. The van der Waals surface area contributed by atoms with Crippen LogP contribution < -0.4 is 4.90 Å². The van der Waals surface area contributed by atoms with Gasteiger partial charge in [-0.05, 0) is 35.3 Å². The van der Waals surface area contributed by atoms with Crippen LogP contribution in [0.25, 0.3) is 6.08 Å². The van der Waals surface area contributed by atoms with Crippen LogP contribution in [0, 0.1) is 5.41 Å². The molecule has 0 atom stereocenters. The molecule has 0 bridgehead atoms. The molecule has 1 rings (SSSR count). The summed E-state index contributed by atoms with van der Waals surface area (Å²) < 4.78 is 0. The largest absolute Gasteiger partial charge is 0.478 e. The number of hydrogen-bond donors (Lipinski definition) is 1. The molecule has 4 heteroatoms. The van der Waals surface area contributed by atoms with Gasteiger partial charge in [-0.15, -0.1) is 0 Å². The smallest absolute Gasteiger partial charge is 0.328 e.